The largest absolute Gasteiger partial charge is 0.416 e. The first kappa shape index (κ1) is 29.1. The highest BCUT2D eigenvalue weighted by molar-refractivity contribution is 6.06. The third kappa shape index (κ3) is 6.40. The molecule has 0 aliphatic carbocycles. The van der Waals surface area contributed by atoms with E-state index >= 15 is 0 Å². The first-order chi connectivity index (χ1) is 19.9. The minimum atomic E-state index is -5.09. The zero-order chi connectivity index (χ0) is 30.1. The molecule has 218 valence electrons. The molecule has 5 nitrogen and oxygen atoms in total. The molecule has 11 heteroatoms. The number of nitrogens with zero attached hydrogens (tertiary/aromatic N) is 2. The minimum absolute atomic E-state index is 0.00347. The number of nitrogens with one attached hydrogen (secondary N) is 1. The molecule has 0 spiro atoms. The number of benzene rings is 3. The summed E-state index contributed by atoms with van der Waals surface area (Å²) in [6.45, 7) is -0.0946. The lowest BCUT2D eigenvalue weighted by Gasteiger charge is -2.40. The lowest BCUT2D eigenvalue weighted by Crippen LogP contribution is -2.54. The first-order valence-corrected chi connectivity index (χ1v) is 13.2. The summed E-state index contributed by atoms with van der Waals surface area (Å²) in [5.74, 6) is -1.40. The van der Waals surface area contributed by atoms with Crippen LogP contribution in [0.25, 0.3) is 10.9 Å². The number of carbonyl (C=O) groups is 2. The van der Waals surface area contributed by atoms with Crippen LogP contribution in [-0.4, -0.2) is 40.3 Å². The molecule has 1 N–H and O–H groups in total. The van der Waals surface area contributed by atoms with Gasteiger partial charge in [0.05, 0.1) is 22.2 Å². The summed E-state index contributed by atoms with van der Waals surface area (Å²) in [6, 6.07) is 17.5. The van der Waals surface area contributed by atoms with E-state index in [9.17, 15) is 35.9 Å². The smallest absolute Gasteiger partial charge is 0.348 e. The number of hydrogen-bond acceptors (Lipinski definition) is 3. The number of halogens is 6. The number of likely N-dealkylation sites (tertiary alicyclic amines) is 1. The van der Waals surface area contributed by atoms with Crippen LogP contribution in [-0.2, 0) is 18.8 Å². The highest BCUT2D eigenvalue weighted by atomic mass is 19.4. The molecule has 1 saturated heterocycles. The van der Waals surface area contributed by atoms with Gasteiger partial charge in [-0.05, 0) is 55.2 Å². The van der Waals surface area contributed by atoms with Crippen LogP contribution in [0.5, 0.6) is 0 Å². The van der Waals surface area contributed by atoms with Crippen LogP contribution in [0.15, 0.2) is 85.1 Å². The summed E-state index contributed by atoms with van der Waals surface area (Å²) in [4.78, 5) is 32.5. The minimum Gasteiger partial charge on any atom is -0.348 e. The van der Waals surface area contributed by atoms with Gasteiger partial charge in [-0.2, -0.15) is 26.3 Å². The van der Waals surface area contributed by atoms with Crippen molar-refractivity contribution in [2.75, 3.05) is 6.54 Å². The molecule has 2 amide bonds. The lowest BCUT2D eigenvalue weighted by atomic mass is 9.91. The molecule has 3 aromatic carbocycles. The van der Waals surface area contributed by atoms with E-state index < -0.39 is 52.9 Å². The van der Waals surface area contributed by atoms with E-state index in [-0.39, 0.29) is 12.6 Å². The van der Waals surface area contributed by atoms with Crippen molar-refractivity contribution in [3.63, 3.8) is 0 Å². The summed E-state index contributed by atoms with van der Waals surface area (Å²) < 4.78 is 81.2. The normalized spacial score (nSPS) is 17.7. The van der Waals surface area contributed by atoms with E-state index in [4.69, 9.17) is 0 Å². The van der Waals surface area contributed by atoms with E-state index in [1.54, 1.807) is 42.5 Å². The Balaban J connectivity index is 1.46. The van der Waals surface area contributed by atoms with Gasteiger partial charge in [0.2, 0.25) is 0 Å². The summed E-state index contributed by atoms with van der Waals surface area (Å²) in [6.07, 6.45) is -7.53. The fourth-order valence-electron chi connectivity index (χ4n) is 5.29. The van der Waals surface area contributed by atoms with Crippen molar-refractivity contribution >= 4 is 22.7 Å². The highest BCUT2D eigenvalue weighted by Crippen LogP contribution is 2.37. The van der Waals surface area contributed by atoms with Crippen molar-refractivity contribution < 1.29 is 35.9 Å². The van der Waals surface area contributed by atoms with Crippen molar-refractivity contribution in [1.82, 2.24) is 15.2 Å². The van der Waals surface area contributed by atoms with Gasteiger partial charge in [-0.1, -0.05) is 48.5 Å². The van der Waals surface area contributed by atoms with Crippen molar-refractivity contribution in [2.24, 2.45) is 0 Å². The summed E-state index contributed by atoms with van der Waals surface area (Å²) in [7, 11) is 0. The van der Waals surface area contributed by atoms with Crippen molar-refractivity contribution in [2.45, 2.75) is 43.7 Å². The number of piperidine rings is 1. The molecule has 1 aliphatic rings. The predicted octanol–water partition coefficient (Wildman–Crippen LogP) is 6.92. The van der Waals surface area contributed by atoms with E-state index in [1.165, 1.54) is 11.1 Å². The van der Waals surface area contributed by atoms with Gasteiger partial charge in [0.1, 0.15) is 0 Å². The molecule has 2 atom stereocenters. The number of pyridine rings is 1. The monoisotopic (exact) mass is 585 g/mol. The molecule has 1 fully saturated rings. The van der Waals surface area contributed by atoms with Gasteiger partial charge >= 0.3 is 12.4 Å². The maximum atomic E-state index is 13.7. The third-order valence-corrected chi connectivity index (χ3v) is 7.34. The molecule has 1 aliphatic heterocycles. The van der Waals surface area contributed by atoms with E-state index in [2.05, 4.69) is 10.3 Å². The third-order valence-electron chi connectivity index (χ3n) is 7.34. The first-order valence-electron chi connectivity index (χ1n) is 13.2. The van der Waals surface area contributed by atoms with Gasteiger partial charge in [-0.3, -0.25) is 14.6 Å². The SMILES string of the molecule is O=C(N[C@@H]1CC[C@@H](Cc2ccccc2)N(C(=O)c2cc(C(F)(F)F)cc(C(F)(F)F)c2)C1)c1ccnc2ccccc12. The van der Waals surface area contributed by atoms with Crippen LogP contribution in [0.2, 0.25) is 0 Å². The van der Waals surface area contributed by atoms with Crippen molar-refractivity contribution in [1.29, 1.82) is 0 Å². The fraction of sp³-hybridized carbons (Fsp3) is 0.258. The average molecular weight is 586 g/mol. The Bertz CT molecular complexity index is 1570. The van der Waals surface area contributed by atoms with Gasteiger partial charge in [0.15, 0.2) is 0 Å². The van der Waals surface area contributed by atoms with Gasteiger partial charge in [-0.25, -0.2) is 0 Å². The van der Waals surface area contributed by atoms with Crippen molar-refractivity contribution in [3.8, 4) is 0 Å². The molecule has 0 radical (unpaired) electrons. The number of alkyl halides is 6. The second kappa shape index (κ2) is 11.5. The van der Waals surface area contributed by atoms with Gasteiger partial charge in [0.25, 0.3) is 11.8 Å². The van der Waals surface area contributed by atoms with Crippen LogP contribution < -0.4 is 5.32 Å². The number of fused-ring (bicyclic) bond motifs is 1. The second-order valence-corrected chi connectivity index (χ2v) is 10.2. The van der Waals surface area contributed by atoms with Crippen LogP contribution >= 0.6 is 0 Å². The Hall–Kier alpha value is -4.41. The number of para-hydroxylation sites is 1. The Morgan fingerprint density at radius 1 is 0.833 bits per heavy atom. The Kier molecular flexibility index (Phi) is 7.94. The Morgan fingerprint density at radius 2 is 1.48 bits per heavy atom. The molecular weight excluding hydrogens is 560 g/mol. The highest BCUT2D eigenvalue weighted by Gasteiger charge is 2.39. The van der Waals surface area contributed by atoms with E-state index in [1.807, 2.05) is 18.2 Å². The standard InChI is InChI=1S/C31H25F6N3O2/c32-30(33,34)21-15-20(16-22(17-21)31(35,36)37)29(42)40-18-23(10-11-24(40)14-19-6-2-1-3-7-19)39-28(41)26-12-13-38-27-9-5-4-8-25(26)27/h1-9,12-13,15-17,23-24H,10-11,14,18H2,(H,39,41)/t23-,24+/m1/s1. The molecule has 5 rings (SSSR count). The zero-order valence-electron chi connectivity index (χ0n) is 22.0. The summed E-state index contributed by atoms with van der Waals surface area (Å²) in [5.41, 5.74) is -2.03. The second-order valence-electron chi connectivity index (χ2n) is 10.2. The molecule has 0 saturated carbocycles. The molecular formula is C31H25F6N3O2. The van der Waals surface area contributed by atoms with Gasteiger partial charge < -0.3 is 10.2 Å². The summed E-state index contributed by atoms with van der Waals surface area (Å²) in [5, 5.41) is 3.52. The number of rotatable bonds is 5. The van der Waals surface area contributed by atoms with Gasteiger partial charge in [0, 0.05) is 35.8 Å². The predicted molar refractivity (Wildman–Crippen MR) is 144 cm³/mol. The molecule has 2 heterocycles. The number of carbonyl (C=O) groups excluding carboxylic acids is 2. The zero-order valence-corrected chi connectivity index (χ0v) is 22.0. The molecule has 1 aromatic heterocycles. The number of aromatic nitrogens is 1. The topological polar surface area (TPSA) is 62.3 Å². The van der Waals surface area contributed by atoms with Gasteiger partial charge in [-0.15, -0.1) is 0 Å². The Labute approximate surface area is 237 Å². The maximum Gasteiger partial charge on any atom is 0.416 e. The van der Waals surface area contributed by atoms with Crippen LogP contribution in [0.1, 0.15) is 50.2 Å². The average Bonchev–Trinajstić information content (AvgIpc) is 2.96. The lowest BCUT2D eigenvalue weighted by molar-refractivity contribution is -0.143. The van der Waals surface area contributed by atoms with Crippen LogP contribution in [0.4, 0.5) is 26.3 Å². The van der Waals surface area contributed by atoms with E-state index in [0.29, 0.717) is 47.9 Å². The van der Waals surface area contributed by atoms with E-state index in [0.717, 1.165) is 5.56 Å². The Morgan fingerprint density at radius 3 is 2.14 bits per heavy atom. The molecule has 42 heavy (non-hydrogen) atoms. The van der Waals surface area contributed by atoms with Crippen LogP contribution in [0.3, 0.4) is 0 Å². The van der Waals surface area contributed by atoms with Crippen LogP contribution in [0, 0.1) is 0 Å². The maximum absolute atomic E-state index is 13.7. The number of hydrogen-bond donors (Lipinski definition) is 1. The fourth-order valence-corrected chi connectivity index (χ4v) is 5.29. The summed E-state index contributed by atoms with van der Waals surface area (Å²) >= 11 is 0. The quantitative estimate of drug-likeness (QED) is 0.259. The molecule has 4 aromatic rings. The molecule has 0 bridgehead atoms. The van der Waals surface area contributed by atoms with Crippen molar-refractivity contribution in [3.05, 3.63) is 113 Å². The number of amides is 2. The molecule has 0 unspecified atom stereocenters.